The first-order chi connectivity index (χ1) is 7.56. The molecule has 0 aromatic rings. The highest BCUT2D eigenvalue weighted by Gasteiger charge is 2.41. The Kier molecular flexibility index (Phi) is 5.89. The fourth-order valence-electron chi connectivity index (χ4n) is 1.23. The number of aliphatic hydroxyl groups excluding tert-OH is 1. The zero-order valence-corrected chi connectivity index (χ0v) is 13.1. The van der Waals surface area contributed by atoms with Gasteiger partial charge in [-0.3, -0.25) is 0 Å². The molecular weight excluding hydrogens is 232 g/mol. The number of aliphatic hydroxyl groups is 1. The molecule has 0 saturated carbocycles. The quantitative estimate of drug-likeness (QED) is 0.608. The van der Waals surface area contributed by atoms with Crippen LogP contribution in [0, 0.1) is 12.3 Å². The maximum Gasteiger partial charge on any atom is 0.192 e. The van der Waals surface area contributed by atoms with Crippen molar-refractivity contribution in [3.8, 4) is 12.3 Å². The standard InChI is InChI=1S/C13H26O3Si/c1-9-11(15-6)12(10(2)14)16-17(7,8)13(3,4)5/h1,10-12,14H,2-8H3/t10-,11+,12+/m1/s1. The Labute approximate surface area is 107 Å². The van der Waals surface area contributed by atoms with Crippen LogP contribution in [0.25, 0.3) is 0 Å². The van der Waals surface area contributed by atoms with Gasteiger partial charge in [0.1, 0.15) is 12.2 Å². The minimum absolute atomic E-state index is 0.0764. The average molecular weight is 258 g/mol. The highest BCUT2D eigenvalue weighted by molar-refractivity contribution is 6.74. The summed E-state index contributed by atoms with van der Waals surface area (Å²) in [6.45, 7) is 12.4. The van der Waals surface area contributed by atoms with E-state index in [0.29, 0.717) is 0 Å². The highest BCUT2D eigenvalue weighted by Crippen LogP contribution is 2.38. The van der Waals surface area contributed by atoms with Crippen LogP contribution in [0.3, 0.4) is 0 Å². The Morgan fingerprint density at radius 3 is 2.00 bits per heavy atom. The van der Waals surface area contributed by atoms with Crippen LogP contribution in [-0.2, 0) is 9.16 Å². The summed E-state index contributed by atoms with van der Waals surface area (Å²) >= 11 is 0. The second-order valence-electron chi connectivity index (χ2n) is 5.91. The molecule has 0 saturated heterocycles. The third-order valence-corrected chi connectivity index (χ3v) is 7.90. The number of ether oxygens (including phenoxy) is 1. The Morgan fingerprint density at radius 1 is 1.29 bits per heavy atom. The van der Waals surface area contributed by atoms with Gasteiger partial charge >= 0.3 is 0 Å². The summed E-state index contributed by atoms with van der Waals surface area (Å²) in [6.07, 6.45) is 3.77. The van der Waals surface area contributed by atoms with Crippen LogP contribution in [0.4, 0.5) is 0 Å². The molecule has 0 amide bonds. The SMILES string of the molecule is C#C[C@H](OC)[C@@H](O[Si](C)(C)C(C)(C)C)[C@@H](C)O. The van der Waals surface area contributed by atoms with Gasteiger partial charge in [-0.25, -0.2) is 0 Å². The van der Waals surface area contributed by atoms with Crippen molar-refractivity contribution in [3.63, 3.8) is 0 Å². The topological polar surface area (TPSA) is 38.7 Å². The van der Waals surface area contributed by atoms with Gasteiger partial charge in [-0.1, -0.05) is 26.7 Å². The molecule has 3 atom stereocenters. The lowest BCUT2D eigenvalue weighted by atomic mass is 10.1. The van der Waals surface area contributed by atoms with Gasteiger partial charge in [0.05, 0.1) is 6.10 Å². The smallest absolute Gasteiger partial charge is 0.192 e. The summed E-state index contributed by atoms with van der Waals surface area (Å²) in [6, 6.07) is 0. The molecular formula is C13H26O3Si. The lowest BCUT2D eigenvalue weighted by Crippen LogP contribution is -2.50. The fraction of sp³-hybridized carbons (Fsp3) is 0.846. The van der Waals surface area contributed by atoms with Crippen LogP contribution >= 0.6 is 0 Å². The van der Waals surface area contributed by atoms with Crippen molar-refractivity contribution in [3.05, 3.63) is 0 Å². The zero-order valence-electron chi connectivity index (χ0n) is 12.1. The molecule has 0 aliphatic carbocycles. The van der Waals surface area contributed by atoms with E-state index >= 15 is 0 Å². The van der Waals surface area contributed by atoms with Gasteiger partial charge < -0.3 is 14.3 Å². The van der Waals surface area contributed by atoms with Crippen LogP contribution in [0.1, 0.15) is 27.7 Å². The molecule has 0 aliphatic heterocycles. The van der Waals surface area contributed by atoms with Gasteiger partial charge in [-0.2, -0.15) is 0 Å². The van der Waals surface area contributed by atoms with Crippen LogP contribution in [0.2, 0.25) is 18.1 Å². The van der Waals surface area contributed by atoms with Gasteiger partial charge in [-0.15, -0.1) is 6.42 Å². The molecule has 0 rings (SSSR count). The second kappa shape index (κ2) is 6.01. The number of terminal acetylenes is 1. The molecule has 3 nitrogen and oxygen atoms in total. The Balaban J connectivity index is 4.97. The van der Waals surface area contributed by atoms with E-state index in [1.54, 1.807) is 6.92 Å². The molecule has 0 spiro atoms. The summed E-state index contributed by atoms with van der Waals surface area (Å²) in [4.78, 5) is 0. The van der Waals surface area contributed by atoms with Crippen molar-refractivity contribution >= 4 is 8.32 Å². The first-order valence-corrected chi connectivity index (χ1v) is 8.82. The van der Waals surface area contributed by atoms with Crippen molar-refractivity contribution in [2.75, 3.05) is 7.11 Å². The van der Waals surface area contributed by atoms with Crippen molar-refractivity contribution < 1.29 is 14.3 Å². The first kappa shape index (κ1) is 16.7. The van der Waals surface area contributed by atoms with Crippen LogP contribution < -0.4 is 0 Å². The van der Waals surface area contributed by atoms with E-state index in [1.807, 2.05) is 0 Å². The van der Waals surface area contributed by atoms with E-state index in [1.165, 1.54) is 7.11 Å². The number of hydrogen-bond donors (Lipinski definition) is 1. The van der Waals surface area contributed by atoms with E-state index < -0.39 is 26.6 Å². The molecule has 1 N–H and O–H groups in total. The summed E-state index contributed by atoms with van der Waals surface area (Å²) in [5.41, 5.74) is 0. The molecule has 0 unspecified atom stereocenters. The molecule has 0 aromatic heterocycles. The van der Waals surface area contributed by atoms with Gasteiger partial charge in [0.25, 0.3) is 0 Å². The van der Waals surface area contributed by atoms with Crippen molar-refractivity contribution in [1.82, 2.24) is 0 Å². The Morgan fingerprint density at radius 2 is 1.76 bits per heavy atom. The molecule has 0 bridgehead atoms. The molecule has 0 aliphatic rings. The maximum atomic E-state index is 9.80. The van der Waals surface area contributed by atoms with Gasteiger partial charge in [-0.05, 0) is 25.1 Å². The zero-order chi connectivity index (χ0) is 13.9. The largest absolute Gasteiger partial charge is 0.408 e. The second-order valence-corrected chi connectivity index (χ2v) is 10.7. The number of methoxy groups -OCH3 is 1. The van der Waals surface area contributed by atoms with Crippen molar-refractivity contribution in [2.24, 2.45) is 0 Å². The average Bonchev–Trinajstić information content (AvgIpc) is 2.15. The molecule has 0 radical (unpaired) electrons. The van der Waals surface area contributed by atoms with E-state index in [-0.39, 0.29) is 5.04 Å². The minimum Gasteiger partial charge on any atom is -0.408 e. The Hall–Kier alpha value is -0.343. The van der Waals surface area contributed by atoms with Gasteiger partial charge in [0, 0.05) is 7.11 Å². The predicted molar refractivity (Wildman–Crippen MR) is 73.4 cm³/mol. The van der Waals surface area contributed by atoms with Crippen molar-refractivity contribution in [2.45, 2.75) is 64.1 Å². The summed E-state index contributed by atoms with van der Waals surface area (Å²) in [5, 5.41) is 9.87. The molecule has 4 heteroatoms. The summed E-state index contributed by atoms with van der Waals surface area (Å²) in [5.74, 6) is 2.52. The summed E-state index contributed by atoms with van der Waals surface area (Å²) in [7, 11) is -0.425. The van der Waals surface area contributed by atoms with Crippen LogP contribution in [0.5, 0.6) is 0 Å². The van der Waals surface area contributed by atoms with E-state index in [2.05, 4.69) is 39.8 Å². The minimum atomic E-state index is -1.96. The van der Waals surface area contributed by atoms with E-state index in [0.717, 1.165) is 0 Å². The van der Waals surface area contributed by atoms with E-state index in [9.17, 15) is 5.11 Å². The lowest BCUT2D eigenvalue weighted by molar-refractivity contribution is -0.0374. The van der Waals surface area contributed by atoms with Crippen LogP contribution in [0.15, 0.2) is 0 Å². The van der Waals surface area contributed by atoms with Crippen LogP contribution in [-0.4, -0.2) is 38.8 Å². The van der Waals surface area contributed by atoms with E-state index in [4.69, 9.17) is 15.6 Å². The third kappa shape index (κ3) is 4.44. The molecule has 0 aromatic carbocycles. The van der Waals surface area contributed by atoms with Crippen molar-refractivity contribution in [1.29, 1.82) is 0 Å². The molecule has 17 heavy (non-hydrogen) atoms. The highest BCUT2D eigenvalue weighted by atomic mass is 28.4. The summed E-state index contributed by atoms with van der Waals surface area (Å²) < 4.78 is 11.3. The maximum absolute atomic E-state index is 9.80. The number of hydrogen-bond acceptors (Lipinski definition) is 3. The van der Waals surface area contributed by atoms with Gasteiger partial charge in [0.15, 0.2) is 8.32 Å². The Bertz CT molecular complexity index is 273. The van der Waals surface area contributed by atoms with Gasteiger partial charge in [0.2, 0.25) is 0 Å². The predicted octanol–water partition coefficient (Wildman–Crippen LogP) is 2.41. The molecule has 100 valence electrons. The normalized spacial score (nSPS) is 18.3. The first-order valence-electron chi connectivity index (χ1n) is 5.91. The third-order valence-electron chi connectivity index (χ3n) is 3.43. The number of rotatable bonds is 5. The fourth-order valence-corrected chi connectivity index (χ4v) is 2.58. The molecule has 0 heterocycles. The molecule has 0 fully saturated rings. The monoisotopic (exact) mass is 258 g/mol. The lowest BCUT2D eigenvalue weighted by Gasteiger charge is -2.41.